The van der Waals surface area contributed by atoms with Crippen molar-refractivity contribution in [1.29, 1.82) is 0 Å². The van der Waals surface area contributed by atoms with Crippen LogP contribution in [0.2, 0.25) is 0 Å². The van der Waals surface area contributed by atoms with Crippen molar-refractivity contribution in [1.82, 2.24) is 29.5 Å². The second-order valence-electron chi connectivity index (χ2n) is 6.85. The summed E-state index contributed by atoms with van der Waals surface area (Å²) in [6.45, 7) is 11.6. The Hall–Kier alpha value is -2.22. The van der Waals surface area contributed by atoms with Crippen molar-refractivity contribution in [2.24, 2.45) is 0 Å². The zero-order valence-corrected chi connectivity index (χ0v) is 15.3. The molecule has 2 aromatic rings. The summed E-state index contributed by atoms with van der Waals surface area (Å²) in [5, 5.41) is 3.93. The molecule has 0 saturated carbocycles. The van der Waals surface area contributed by atoms with E-state index in [1.807, 2.05) is 22.6 Å². The zero-order chi connectivity index (χ0) is 18.0. The SMILES string of the molecule is Cc1nc(CN2CCN(C(=O)[C@@H](C)n3ccnc3C(C)C)CC2)no1. The number of aromatic nitrogens is 4. The zero-order valence-electron chi connectivity index (χ0n) is 15.3. The van der Waals surface area contributed by atoms with Gasteiger partial charge in [0, 0.05) is 51.4 Å². The first-order valence-corrected chi connectivity index (χ1v) is 8.78. The van der Waals surface area contributed by atoms with Gasteiger partial charge in [-0.2, -0.15) is 4.98 Å². The molecule has 136 valence electrons. The molecular formula is C17H26N6O2. The van der Waals surface area contributed by atoms with Crippen LogP contribution in [0.25, 0.3) is 0 Å². The third kappa shape index (κ3) is 3.89. The Kier molecular flexibility index (Phi) is 5.17. The van der Waals surface area contributed by atoms with Crippen molar-refractivity contribution in [2.75, 3.05) is 26.2 Å². The van der Waals surface area contributed by atoms with Gasteiger partial charge < -0.3 is 14.0 Å². The number of nitrogens with zero attached hydrogens (tertiary/aromatic N) is 6. The van der Waals surface area contributed by atoms with Crippen LogP contribution >= 0.6 is 0 Å². The molecule has 3 rings (SSSR count). The molecule has 8 nitrogen and oxygen atoms in total. The fraction of sp³-hybridized carbons (Fsp3) is 0.647. The van der Waals surface area contributed by atoms with E-state index in [4.69, 9.17) is 4.52 Å². The summed E-state index contributed by atoms with van der Waals surface area (Å²) in [6, 6.07) is -0.230. The van der Waals surface area contributed by atoms with Crippen LogP contribution in [0.1, 0.15) is 50.3 Å². The number of rotatable bonds is 5. The molecule has 3 heterocycles. The largest absolute Gasteiger partial charge is 0.340 e. The van der Waals surface area contributed by atoms with Gasteiger partial charge in [-0.05, 0) is 6.92 Å². The molecule has 1 atom stereocenters. The molecule has 0 aliphatic carbocycles. The maximum atomic E-state index is 12.9. The molecule has 0 bridgehead atoms. The lowest BCUT2D eigenvalue weighted by Gasteiger charge is -2.35. The van der Waals surface area contributed by atoms with Gasteiger partial charge in [0.1, 0.15) is 11.9 Å². The van der Waals surface area contributed by atoms with Crippen molar-refractivity contribution in [3.63, 3.8) is 0 Å². The minimum absolute atomic E-state index is 0.148. The second-order valence-corrected chi connectivity index (χ2v) is 6.85. The van der Waals surface area contributed by atoms with Crippen LogP contribution < -0.4 is 0 Å². The van der Waals surface area contributed by atoms with Crippen LogP contribution in [-0.4, -0.2) is 61.6 Å². The van der Waals surface area contributed by atoms with E-state index >= 15 is 0 Å². The highest BCUT2D eigenvalue weighted by Gasteiger charge is 2.27. The fourth-order valence-corrected chi connectivity index (χ4v) is 3.21. The van der Waals surface area contributed by atoms with Crippen molar-refractivity contribution in [3.05, 3.63) is 29.9 Å². The monoisotopic (exact) mass is 346 g/mol. The van der Waals surface area contributed by atoms with Gasteiger partial charge in [-0.3, -0.25) is 9.69 Å². The molecule has 1 aliphatic rings. The molecule has 0 aromatic carbocycles. The number of carbonyl (C=O) groups excluding carboxylic acids is 1. The van der Waals surface area contributed by atoms with Gasteiger partial charge in [-0.1, -0.05) is 19.0 Å². The lowest BCUT2D eigenvalue weighted by atomic mass is 10.2. The third-order valence-electron chi connectivity index (χ3n) is 4.61. The number of piperazine rings is 1. The molecule has 1 aliphatic heterocycles. The number of amides is 1. The molecule has 25 heavy (non-hydrogen) atoms. The second kappa shape index (κ2) is 7.35. The molecule has 1 amide bonds. The summed E-state index contributed by atoms with van der Waals surface area (Å²) >= 11 is 0. The van der Waals surface area contributed by atoms with Gasteiger partial charge in [0.15, 0.2) is 5.82 Å². The smallest absolute Gasteiger partial charge is 0.245 e. The number of hydrogen-bond donors (Lipinski definition) is 0. The van der Waals surface area contributed by atoms with Gasteiger partial charge in [0.2, 0.25) is 11.8 Å². The average molecular weight is 346 g/mol. The van der Waals surface area contributed by atoms with E-state index in [1.54, 1.807) is 13.1 Å². The van der Waals surface area contributed by atoms with E-state index < -0.39 is 0 Å². The van der Waals surface area contributed by atoms with E-state index in [9.17, 15) is 4.79 Å². The maximum Gasteiger partial charge on any atom is 0.245 e. The molecule has 0 radical (unpaired) electrons. The average Bonchev–Trinajstić information content (AvgIpc) is 3.23. The fourth-order valence-electron chi connectivity index (χ4n) is 3.21. The van der Waals surface area contributed by atoms with Crippen LogP contribution in [0.4, 0.5) is 0 Å². The van der Waals surface area contributed by atoms with Crippen LogP contribution in [0.3, 0.4) is 0 Å². The highest BCUT2D eigenvalue weighted by Crippen LogP contribution is 2.19. The first-order chi connectivity index (χ1) is 12.0. The summed E-state index contributed by atoms with van der Waals surface area (Å²) in [5.74, 6) is 2.67. The molecule has 0 unspecified atom stereocenters. The third-order valence-corrected chi connectivity index (χ3v) is 4.61. The van der Waals surface area contributed by atoms with Crippen molar-refractivity contribution in [2.45, 2.75) is 46.2 Å². The maximum absolute atomic E-state index is 12.9. The first kappa shape index (κ1) is 17.6. The van der Waals surface area contributed by atoms with E-state index in [0.29, 0.717) is 37.3 Å². The highest BCUT2D eigenvalue weighted by atomic mass is 16.5. The number of imidazole rings is 1. The van der Waals surface area contributed by atoms with Crippen LogP contribution in [0.5, 0.6) is 0 Å². The normalized spacial score (nSPS) is 17.2. The van der Waals surface area contributed by atoms with Crippen molar-refractivity contribution in [3.8, 4) is 0 Å². The Morgan fingerprint density at radius 2 is 1.96 bits per heavy atom. The van der Waals surface area contributed by atoms with Gasteiger partial charge in [0.05, 0.1) is 6.54 Å². The Morgan fingerprint density at radius 1 is 1.24 bits per heavy atom. The van der Waals surface area contributed by atoms with Crippen molar-refractivity contribution >= 4 is 5.91 Å². The highest BCUT2D eigenvalue weighted by molar-refractivity contribution is 5.80. The van der Waals surface area contributed by atoms with Gasteiger partial charge in [-0.25, -0.2) is 4.98 Å². The Balaban J connectivity index is 1.56. The molecule has 1 fully saturated rings. The molecule has 2 aromatic heterocycles. The number of carbonyl (C=O) groups is 1. The predicted molar refractivity (Wildman–Crippen MR) is 91.9 cm³/mol. The summed E-state index contributed by atoms with van der Waals surface area (Å²) in [6.07, 6.45) is 3.66. The predicted octanol–water partition coefficient (Wildman–Crippen LogP) is 1.60. The number of aryl methyl sites for hydroxylation is 1. The minimum Gasteiger partial charge on any atom is -0.340 e. The molecule has 8 heteroatoms. The Labute approximate surface area is 147 Å². The van der Waals surface area contributed by atoms with Gasteiger partial charge in [0.25, 0.3) is 0 Å². The van der Waals surface area contributed by atoms with E-state index in [0.717, 1.165) is 18.9 Å². The van der Waals surface area contributed by atoms with E-state index in [1.165, 1.54) is 0 Å². The van der Waals surface area contributed by atoms with E-state index in [-0.39, 0.29) is 11.9 Å². The lowest BCUT2D eigenvalue weighted by Crippen LogP contribution is -2.50. The topological polar surface area (TPSA) is 80.3 Å². The minimum atomic E-state index is -0.230. The molecular weight excluding hydrogens is 320 g/mol. The standard InChI is InChI=1S/C17H26N6O2/c1-12(2)16-18-5-6-23(16)13(3)17(24)22-9-7-21(8-10-22)11-15-19-14(4)25-20-15/h5-6,12-13H,7-11H2,1-4H3/t13-/m1/s1. The first-order valence-electron chi connectivity index (χ1n) is 8.78. The van der Waals surface area contributed by atoms with Crippen molar-refractivity contribution < 1.29 is 9.32 Å². The van der Waals surface area contributed by atoms with Crippen LogP contribution in [0, 0.1) is 6.92 Å². The lowest BCUT2D eigenvalue weighted by molar-refractivity contribution is -0.136. The quantitative estimate of drug-likeness (QED) is 0.818. The summed E-state index contributed by atoms with van der Waals surface area (Å²) in [4.78, 5) is 25.7. The summed E-state index contributed by atoms with van der Waals surface area (Å²) in [5.41, 5.74) is 0. The molecule has 1 saturated heterocycles. The Bertz CT molecular complexity index is 714. The van der Waals surface area contributed by atoms with Gasteiger partial charge in [-0.15, -0.1) is 0 Å². The molecule has 0 spiro atoms. The summed E-state index contributed by atoms with van der Waals surface area (Å²) in [7, 11) is 0. The molecule has 0 N–H and O–H groups in total. The van der Waals surface area contributed by atoms with E-state index in [2.05, 4.69) is 33.9 Å². The van der Waals surface area contributed by atoms with Crippen LogP contribution in [-0.2, 0) is 11.3 Å². The number of hydrogen-bond acceptors (Lipinski definition) is 6. The van der Waals surface area contributed by atoms with Crippen LogP contribution in [0.15, 0.2) is 16.9 Å². The van der Waals surface area contributed by atoms with Gasteiger partial charge >= 0.3 is 0 Å². The Morgan fingerprint density at radius 3 is 2.56 bits per heavy atom. The summed E-state index contributed by atoms with van der Waals surface area (Å²) < 4.78 is 7.00.